The Balaban J connectivity index is 1.35. The quantitative estimate of drug-likeness (QED) is 0.745. The first-order valence-corrected chi connectivity index (χ1v) is 11.4. The summed E-state index contributed by atoms with van der Waals surface area (Å²) in [5, 5.41) is 5.49. The number of thiazole rings is 1. The number of carbonyl (C=O) groups excluding carboxylic acids is 2. The molecule has 0 aliphatic carbocycles. The third-order valence-corrected chi connectivity index (χ3v) is 6.83. The lowest BCUT2D eigenvalue weighted by molar-refractivity contribution is 0.0639. The molecule has 0 unspecified atom stereocenters. The molecule has 0 radical (unpaired) electrons. The number of nitrogens with one attached hydrogen (secondary N) is 1. The molecule has 2 aliphatic heterocycles. The van der Waals surface area contributed by atoms with Crippen molar-refractivity contribution >= 4 is 51.5 Å². The molecule has 3 heterocycles. The van der Waals surface area contributed by atoms with Crippen molar-refractivity contribution in [2.24, 2.45) is 0 Å². The van der Waals surface area contributed by atoms with E-state index in [0.29, 0.717) is 27.5 Å². The van der Waals surface area contributed by atoms with Crippen LogP contribution < -0.4 is 5.32 Å². The van der Waals surface area contributed by atoms with E-state index in [1.807, 2.05) is 4.90 Å². The molecule has 2 aromatic rings. The van der Waals surface area contributed by atoms with Gasteiger partial charge in [-0.05, 0) is 57.0 Å². The Kier molecular flexibility index (Phi) is 6.39. The summed E-state index contributed by atoms with van der Waals surface area (Å²) < 4.78 is 0. The minimum atomic E-state index is -0.383. The Labute approximate surface area is 183 Å². The van der Waals surface area contributed by atoms with Crippen LogP contribution in [0, 0.1) is 0 Å². The molecule has 9 heteroatoms. The molecule has 4 rings (SSSR count). The summed E-state index contributed by atoms with van der Waals surface area (Å²) in [6.45, 7) is 3.87. The average Bonchev–Trinajstić information content (AvgIpc) is 3.40. The molecule has 1 aromatic carbocycles. The maximum Gasteiger partial charge on any atom is 0.273 e. The molecular weight excluding hydrogens is 431 g/mol. The van der Waals surface area contributed by atoms with Crippen LogP contribution in [0.4, 0.5) is 5.13 Å². The highest BCUT2D eigenvalue weighted by Crippen LogP contribution is 2.25. The second-order valence-corrected chi connectivity index (χ2v) is 9.08. The summed E-state index contributed by atoms with van der Waals surface area (Å²) >= 11 is 13.2. The number of benzene rings is 1. The Morgan fingerprint density at radius 2 is 1.83 bits per heavy atom. The van der Waals surface area contributed by atoms with Gasteiger partial charge in [-0.3, -0.25) is 14.9 Å². The third-order valence-electron chi connectivity index (χ3n) is 5.53. The van der Waals surface area contributed by atoms with Gasteiger partial charge in [0, 0.05) is 29.5 Å². The van der Waals surface area contributed by atoms with Gasteiger partial charge in [0.15, 0.2) is 5.13 Å². The minimum Gasteiger partial charge on any atom is -0.337 e. The highest BCUT2D eigenvalue weighted by molar-refractivity contribution is 7.14. The maximum absolute atomic E-state index is 12.8. The molecule has 2 aliphatic rings. The van der Waals surface area contributed by atoms with Gasteiger partial charge in [-0.25, -0.2) is 4.98 Å². The fraction of sp³-hybridized carbons (Fsp3) is 0.450. The van der Waals surface area contributed by atoms with E-state index < -0.39 is 0 Å². The second kappa shape index (κ2) is 9.00. The first-order chi connectivity index (χ1) is 14.0. The van der Waals surface area contributed by atoms with Crippen molar-refractivity contribution < 1.29 is 9.59 Å². The van der Waals surface area contributed by atoms with Crippen LogP contribution in [0.25, 0.3) is 0 Å². The van der Waals surface area contributed by atoms with Gasteiger partial charge in [0.05, 0.1) is 10.6 Å². The smallest absolute Gasteiger partial charge is 0.273 e. The lowest BCUT2D eigenvalue weighted by atomic mass is 10.0. The lowest BCUT2D eigenvalue weighted by Crippen LogP contribution is -2.46. The largest absolute Gasteiger partial charge is 0.337 e. The first-order valence-electron chi connectivity index (χ1n) is 9.76. The summed E-state index contributed by atoms with van der Waals surface area (Å²) in [6.07, 6.45) is 4.59. The molecule has 0 atom stereocenters. The van der Waals surface area contributed by atoms with Crippen molar-refractivity contribution in [3.05, 3.63) is 44.9 Å². The molecule has 2 saturated heterocycles. The predicted octanol–water partition coefficient (Wildman–Crippen LogP) is 4.40. The number of carbonyl (C=O) groups is 2. The van der Waals surface area contributed by atoms with E-state index in [0.717, 1.165) is 25.9 Å². The Hall–Kier alpha value is -1.67. The molecule has 1 N–H and O–H groups in total. The molecule has 2 fully saturated rings. The Morgan fingerprint density at radius 3 is 2.52 bits per heavy atom. The summed E-state index contributed by atoms with van der Waals surface area (Å²) in [5.74, 6) is -0.461. The van der Waals surface area contributed by atoms with Crippen molar-refractivity contribution in [3.8, 4) is 0 Å². The lowest BCUT2D eigenvalue weighted by Gasteiger charge is -2.36. The highest BCUT2D eigenvalue weighted by Gasteiger charge is 2.29. The summed E-state index contributed by atoms with van der Waals surface area (Å²) in [4.78, 5) is 33.9. The molecule has 29 heavy (non-hydrogen) atoms. The predicted molar refractivity (Wildman–Crippen MR) is 116 cm³/mol. The molecule has 0 bridgehead atoms. The van der Waals surface area contributed by atoms with Gasteiger partial charge >= 0.3 is 0 Å². The summed E-state index contributed by atoms with van der Waals surface area (Å²) in [5.41, 5.74) is 0.676. The van der Waals surface area contributed by atoms with Crippen molar-refractivity contribution in [1.29, 1.82) is 0 Å². The highest BCUT2D eigenvalue weighted by atomic mass is 35.5. The van der Waals surface area contributed by atoms with Crippen molar-refractivity contribution in [2.75, 3.05) is 31.5 Å². The first kappa shape index (κ1) is 20.6. The fourth-order valence-corrected chi connectivity index (χ4v) is 5.14. The van der Waals surface area contributed by atoms with Gasteiger partial charge in [0.1, 0.15) is 5.69 Å². The standard InChI is InChI=1S/C20H22Cl2N4O2S/c21-13-3-4-15(16(22)11-13)18(27)24-20-23-17(12-29-20)19(28)26-9-5-14(6-10-26)25-7-1-2-8-25/h3-4,11-12,14H,1-2,5-10H2,(H,23,24,27). The van der Waals surface area contributed by atoms with Crippen LogP contribution in [0.1, 0.15) is 46.5 Å². The number of anilines is 1. The molecular formula is C20H22Cl2N4O2S. The average molecular weight is 453 g/mol. The molecule has 154 valence electrons. The number of aromatic nitrogens is 1. The zero-order chi connectivity index (χ0) is 20.4. The number of hydrogen-bond donors (Lipinski definition) is 1. The summed E-state index contributed by atoms with van der Waals surface area (Å²) in [6, 6.07) is 5.27. The Morgan fingerprint density at radius 1 is 1.10 bits per heavy atom. The van der Waals surface area contributed by atoms with Crippen LogP contribution in [0.5, 0.6) is 0 Å². The van der Waals surface area contributed by atoms with Crippen LogP contribution in [0.15, 0.2) is 23.6 Å². The van der Waals surface area contributed by atoms with Crippen LogP contribution >= 0.6 is 34.5 Å². The molecule has 1 aromatic heterocycles. The number of rotatable bonds is 4. The normalized spacial score (nSPS) is 18.2. The third kappa shape index (κ3) is 4.74. The van der Waals surface area contributed by atoms with Gasteiger partial charge in [-0.1, -0.05) is 23.2 Å². The van der Waals surface area contributed by atoms with Crippen LogP contribution in [0.2, 0.25) is 10.0 Å². The van der Waals surface area contributed by atoms with Gasteiger partial charge in [0.25, 0.3) is 11.8 Å². The monoisotopic (exact) mass is 452 g/mol. The van der Waals surface area contributed by atoms with Gasteiger partial charge in [-0.15, -0.1) is 11.3 Å². The summed E-state index contributed by atoms with van der Waals surface area (Å²) in [7, 11) is 0. The van der Waals surface area contributed by atoms with Gasteiger partial charge < -0.3 is 9.80 Å². The van der Waals surface area contributed by atoms with Crippen LogP contribution in [0.3, 0.4) is 0 Å². The molecule has 2 amide bonds. The number of piperidine rings is 1. The van der Waals surface area contributed by atoms with E-state index in [-0.39, 0.29) is 16.8 Å². The van der Waals surface area contributed by atoms with E-state index >= 15 is 0 Å². The van der Waals surface area contributed by atoms with E-state index in [9.17, 15) is 9.59 Å². The zero-order valence-corrected chi connectivity index (χ0v) is 18.2. The van der Waals surface area contributed by atoms with Crippen LogP contribution in [-0.4, -0.2) is 58.8 Å². The van der Waals surface area contributed by atoms with E-state index in [1.54, 1.807) is 17.5 Å². The van der Waals surface area contributed by atoms with Crippen molar-refractivity contribution in [1.82, 2.24) is 14.8 Å². The van der Waals surface area contributed by atoms with Gasteiger partial charge in [0.2, 0.25) is 0 Å². The molecule has 6 nitrogen and oxygen atoms in total. The van der Waals surface area contributed by atoms with E-state index in [2.05, 4.69) is 15.2 Å². The van der Waals surface area contributed by atoms with E-state index in [1.165, 1.54) is 43.3 Å². The van der Waals surface area contributed by atoms with Gasteiger partial charge in [-0.2, -0.15) is 0 Å². The van der Waals surface area contributed by atoms with Crippen molar-refractivity contribution in [3.63, 3.8) is 0 Å². The van der Waals surface area contributed by atoms with Crippen molar-refractivity contribution in [2.45, 2.75) is 31.7 Å². The zero-order valence-electron chi connectivity index (χ0n) is 15.9. The number of nitrogens with zero attached hydrogens (tertiary/aromatic N) is 3. The Bertz CT molecular complexity index is 906. The number of likely N-dealkylation sites (tertiary alicyclic amines) is 2. The number of amides is 2. The molecule has 0 spiro atoms. The van der Waals surface area contributed by atoms with Crippen LogP contribution in [-0.2, 0) is 0 Å². The maximum atomic E-state index is 12.8. The fourth-order valence-electron chi connectivity index (χ4n) is 3.97. The SMILES string of the molecule is O=C(Nc1nc(C(=O)N2CCC(N3CCCC3)CC2)cs1)c1ccc(Cl)cc1Cl. The number of hydrogen-bond acceptors (Lipinski definition) is 5. The van der Waals surface area contributed by atoms with E-state index in [4.69, 9.17) is 23.2 Å². The minimum absolute atomic E-state index is 0.0776. The second-order valence-electron chi connectivity index (χ2n) is 7.38. The molecule has 0 saturated carbocycles. The topological polar surface area (TPSA) is 65.5 Å². The number of halogens is 2.